The van der Waals surface area contributed by atoms with Crippen LogP contribution in [0.5, 0.6) is 0 Å². The van der Waals surface area contributed by atoms with Gasteiger partial charge in [-0.05, 0) is 18.2 Å². The van der Waals surface area contributed by atoms with E-state index in [2.05, 4.69) is 41.1 Å². The fourth-order valence-corrected chi connectivity index (χ4v) is 3.79. The Labute approximate surface area is 143 Å². The molecule has 5 heterocycles. The van der Waals surface area contributed by atoms with Crippen molar-refractivity contribution in [2.24, 2.45) is 11.8 Å². The summed E-state index contributed by atoms with van der Waals surface area (Å²) in [6.07, 6.45) is 3.27. The van der Waals surface area contributed by atoms with Gasteiger partial charge in [0.2, 0.25) is 5.95 Å². The molecule has 25 heavy (non-hydrogen) atoms. The largest absolute Gasteiger partial charge is 0.354 e. The predicted octanol–water partition coefficient (Wildman–Crippen LogP) is 0.359. The van der Waals surface area contributed by atoms with E-state index < -0.39 is 0 Å². The number of nitriles is 1. The van der Waals surface area contributed by atoms with Gasteiger partial charge < -0.3 is 9.80 Å². The highest BCUT2D eigenvalue weighted by atomic mass is 15.4. The van der Waals surface area contributed by atoms with Crippen LogP contribution >= 0.6 is 0 Å². The van der Waals surface area contributed by atoms with Crippen LogP contribution in [-0.2, 0) is 0 Å². The van der Waals surface area contributed by atoms with Crippen molar-refractivity contribution in [2.75, 3.05) is 36.0 Å². The van der Waals surface area contributed by atoms with Gasteiger partial charge in [0.25, 0.3) is 0 Å². The lowest BCUT2D eigenvalue weighted by Gasteiger charge is -2.22. The van der Waals surface area contributed by atoms with Gasteiger partial charge in [0.05, 0.1) is 0 Å². The Kier molecular flexibility index (Phi) is 3.03. The van der Waals surface area contributed by atoms with E-state index in [9.17, 15) is 0 Å². The average Bonchev–Trinajstić information content (AvgIpc) is 3.35. The molecule has 9 nitrogen and oxygen atoms in total. The van der Waals surface area contributed by atoms with Crippen LogP contribution in [-0.4, -0.2) is 56.0 Å². The van der Waals surface area contributed by atoms with E-state index >= 15 is 0 Å². The number of anilines is 2. The maximum Gasteiger partial charge on any atom is 0.226 e. The lowest BCUT2D eigenvalue weighted by atomic mass is 10.0. The van der Waals surface area contributed by atoms with E-state index in [4.69, 9.17) is 5.26 Å². The van der Waals surface area contributed by atoms with Gasteiger partial charge in [-0.15, -0.1) is 15.3 Å². The van der Waals surface area contributed by atoms with Crippen molar-refractivity contribution in [3.05, 3.63) is 36.4 Å². The minimum Gasteiger partial charge on any atom is -0.354 e. The summed E-state index contributed by atoms with van der Waals surface area (Å²) in [6.45, 7) is 3.73. The first-order valence-corrected chi connectivity index (χ1v) is 8.20. The van der Waals surface area contributed by atoms with Crippen molar-refractivity contribution >= 4 is 17.4 Å². The Morgan fingerprint density at radius 2 is 1.84 bits per heavy atom. The summed E-state index contributed by atoms with van der Waals surface area (Å²) in [4.78, 5) is 13.1. The lowest BCUT2D eigenvalue weighted by Crippen LogP contribution is -2.30. The van der Waals surface area contributed by atoms with Crippen LogP contribution in [0.4, 0.5) is 11.8 Å². The van der Waals surface area contributed by atoms with E-state index in [1.54, 1.807) is 23.1 Å². The minimum atomic E-state index is 0.412. The van der Waals surface area contributed by atoms with Crippen molar-refractivity contribution in [1.29, 1.82) is 5.26 Å². The molecule has 3 aromatic rings. The average molecular weight is 333 g/mol. The molecule has 5 rings (SSSR count). The molecule has 9 heteroatoms. The predicted molar refractivity (Wildman–Crippen MR) is 88.9 cm³/mol. The van der Waals surface area contributed by atoms with Crippen molar-refractivity contribution in [1.82, 2.24) is 29.8 Å². The summed E-state index contributed by atoms with van der Waals surface area (Å²) in [6, 6.07) is 7.65. The molecule has 0 aliphatic carbocycles. The highest BCUT2D eigenvalue weighted by Gasteiger charge is 2.41. The molecule has 2 saturated heterocycles. The molecular weight excluding hydrogens is 318 g/mol. The Bertz CT molecular complexity index is 961. The number of aromatic nitrogens is 6. The molecule has 0 N–H and O–H groups in total. The van der Waals surface area contributed by atoms with Gasteiger partial charge in [0, 0.05) is 44.2 Å². The van der Waals surface area contributed by atoms with Crippen molar-refractivity contribution in [2.45, 2.75) is 0 Å². The van der Waals surface area contributed by atoms with Gasteiger partial charge in [-0.25, -0.2) is 9.97 Å². The molecule has 0 saturated carbocycles. The van der Waals surface area contributed by atoms with E-state index in [0.717, 1.165) is 37.6 Å². The molecule has 2 aliphatic rings. The number of nitrogens with zero attached hydrogens (tertiary/aromatic N) is 9. The van der Waals surface area contributed by atoms with Crippen molar-refractivity contribution in [3.63, 3.8) is 0 Å². The Morgan fingerprint density at radius 1 is 1.04 bits per heavy atom. The maximum absolute atomic E-state index is 9.00. The second kappa shape index (κ2) is 5.37. The highest BCUT2D eigenvalue weighted by molar-refractivity contribution is 5.47. The highest BCUT2D eigenvalue weighted by Crippen LogP contribution is 2.34. The molecular formula is C16H15N9. The van der Waals surface area contributed by atoms with Gasteiger partial charge in [-0.2, -0.15) is 9.78 Å². The van der Waals surface area contributed by atoms with Crippen molar-refractivity contribution in [3.8, 4) is 6.07 Å². The van der Waals surface area contributed by atoms with Crippen LogP contribution in [0.15, 0.2) is 30.7 Å². The molecule has 2 atom stereocenters. The van der Waals surface area contributed by atoms with E-state index in [1.165, 1.54) is 0 Å². The Balaban J connectivity index is 1.32. The summed E-state index contributed by atoms with van der Waals surface area (Å²) in [7, 11) is 0. The third-order valence-electron chi connectivity index (χ3n) is 5.00. The first-order chi connectivity index (χ1) is 12.3. The van der Waals surface area contributed by atoms with E-state index in [0.29, 0.717) is 23.5 Å². The second-order valence-electron chi connectivity index (χ2n) is 6.51. The first-order valence-electron chi connectivity index (χ1n) is 8.20. The number of hydrogen-bond donors (Lipinski definition) is 0. The molecule has 0 amide bonds. The monoisotopic (exact) mass is 333 g/mol. The minimum absolute atomic E-state index is 0.412. The Hall–Kier alpha value is -3.28. The number of hydrogen-bond acceptors (Lipinski definition) is 8. The van der Waals surface area contributed by atoms with Gasteiger partial charge in [0.15, 0.2) is 5.65 Å². The quantitative estimate of drug-likeness (QED) is 0.663. The van der Waals surface area contributed by atoms with E-state index in [1.807, 2.05) is 12.1 Å². The Morgan fingerprint density at radius 3 is 2.64 bits per heavy atom. The third-order valence-corrected chi connectivity index (χ3v) is 5.00. The lowest BCUT2D eigenvalue weighted by molar-refractivity contribution is 0.533. The fourth-order valence-electron chi connectivity index (χ4n) is 3.79. The summed E-state index contributed by atoms with van der Waals surface area (Å²) >= 11 is 0. The molecule has 3 aromatic heterocycles. The number of rotatable bonds is 2. The van der Waals surface area contributed by atoms with Gasteiger partial charge in [-0.3, -0.25) is 0 Å². The second-order valence-corrected chi connectivity index (χ2v) is 6.51. The van der Waals surface area contributed by atoms with Crippen LogP contribution in [0, 0.1) is 23.2 Å². The normalized spacial score (nSPS) is 22.4. The molecule has 2 unspecified atom stereocenters. The summed E-state index contributed by atoms with van der Waals surface area (Å²) < 4.78 is 1.71. The van der Waals surface area contributed by atoms with Crippen LogP contribution in [0.3, 0.4) is 0 Å². The fraction of sp³-hybridized carbons (Fsp3) is 0.375. The van der Waals surface area contributed by atoms with Crippen LogP contribution < -0.4 is 9.80 Å². The molecule has 0 aromatic carbocycles. The summed E-state index contributed by atoms with van der Waals surface area (Å²) in [5, 5.41) is 21.5. The topological polar surface area (TPSA) is 99.1 Å². The van der Waals surface area contributed by atoms with Crippen molar-refractivity contribution < 1.29 is 0 Å². The van der Waals surface area contributed by atoms with E-state index in [-0.39, 0.29) is 0 Å². The standard InChI is InChI=1S/C16H15N9/c17-5-13-3-4-18-16(20-13)24-8-11-6-23(7-12(11)9-24)15-2-1-14-21-19-10-25(14)22-15/h1-4,10-12H,6-9H2. The third kappa shape index (κ3) is 2.34. The molecule has 0 radical (unpaired) electrons. The van der Waals surface area contributed by atoms with Crippen LogP contribution in [0.2, 0.25) is 0 Å². The zero-order valence-corrected chi connectivity index (χ0v) is 13.4. The van der Waals surface area contributed by atoms with Crippen LogP contribution in [0.25, 0.3) is 5.65 Å². The number of fused-ring (bicyclic) bond motifs is 2. The van der Waals surface area contributed by atoms with Crippen LogP contribution in [0.1, 0.15) is 5.69 Å². The summed E-state index contributed by atoms with van der Waals surface area (Å²) in [5.74, 6) is 2.71. The first kappa shape index (κ1) is 14.1. The summed E-state index contributed by atoms with van der Waals surface area (Å²) in [5.41, 5.74) is 1.17. The van der Waals surface area contributed by atoms with Gasteiger partial charge in [0.1, 0.15) is 23.9 Å². The molecule has 0 spiro atoms. The SMILES string of the molecule is N#Cc1ccnc(N2CC3CN(c4ccc5nncn5n4)CC3C2)n1. The van der Waals surface area contributed by atoms with Gasteiger partial charge in [-0.1, -0.05) is 0 Å². The smallest absolute Gasteiger partial charge is 0.226 e. The molecule has 2 aliphatic heterocycles. The zero-order chi connectivity index (χ0) is 16.8. The van der Waals surface area contributed by atoms with Gasteiger partial charge >= 0.3 is 0 Å². The zero-order valence-electron chi connectivity index (χ0n) is 13.4. The molecule has 2 fully saturated rings. The molecule has 124 valence electrons. The molecule has 0 bridgehead atoms. The maximum atomic E-state index is 9.00.